The minimum Gasteiger partial charge on any atom is -0.504 e. The lowest BCUT2D eigenvalue weighted by atomic mass is 10.1. The monoisotopic (exact) mass is 451 g/mol. The number of aryl methyl sites for hydroxylation is 2. The summed E-state index contributed by atoms with van der Waals surface area (Å²) in [5, 5.41) is 13.8. The van der Waals surface area contributed by atoms with Crippen LogP contribution in [0.15, 0.2) is 42.5 Å². The molecule has 0 unspecified atom stereocenters. The van der Waals surface area contributed by atoms with E-state index in [2.05, 4.69) is 30.4 Å². The number of methoxy groups -OCH3 is 1. The molecule has 32 heavy (non-hydrogen) atoms. The maximum Gasteiger partial charge on any atom is 0.350 e. The lowest BCUT2D eigenvalue weighted by Gasteiger charge is -2.11. The molecule has 166 valence electrons. The highest BCUT2D eigenvalue weighted by atomic mass is 32.1. The van der Waals surface area contributed by atoms with Crippen LogP contribution in [0.3, 0.4) is 0 Å². The zero-order valence-electron chi connectivity index (χ0n) is 18.4. The molecular formula is C24H25N3O4S. The third kappa shape index (κ3) is 4.01. The van der Waals surface area contributed by atoms with Crippen LogP contribution in [0.2, 0.25) is 0 Å². The molecule has 4 aromatic rings. The number of phenolic OH excluding ortho intramolecular Hbond substituents is 1. The Morgan fingerprint density at radius 2 is 2.03 bits per heavy atom. The summed E-state index contributed by atoms with van der Waals surface area (Å²) in [6.45, 7) is 6.61. The van der Waals surface area contributed by atoms with Crippen molar-refractivity contribution in [3.63, 3.8) is 0 Å². The van der Waals surface area contributed by atoms with Crippen molar-refractivity contribution in [3.8, 4) is 22.8 Å². The smallest absolute Gasteiger partial charge is 0.350 e. The molecule has 8 heteroatoms. The molecule has 0 amide bonds. The average molecular weight is 452 g/mol. The van der Waals surface area contributed by atoms with Crippen molar-refractivity contribution in [2.24, 2.45) is 0 Å². The van der Waals surface area contributed by atoms with E-state index in [0.29, 0.717) is 34.4 Å². The van der Waals surface area contributed by atoms with Crippen LogP contribution >= 0.6 is 11.3 Å². The molecule has 0 bridgehead atoms. The number of benzene rings is 2. The quantitative estimate of drug-likeness (QED) is 0.377. The second kappa shape index (κ2) is 8.92. The first kappa shape index (κ1) is 21.7. The molecule has 2 N–H and O–H groups in total. The van der Waals surface area contributed by atoms with Crippen molar-refractivity contribution < 1.29 is 19.4 Å². The highest BCUT2D eigenvalue weighted by Crippen LogP contribution is 2.38. The van der Waals surface area contributed by atoms with Crippen LogP contribution in [-0.2, 0) is 11.3 Å². The highest BCUT2D eigenvalue weighted by molar-refractivity contribution is 7.19. The molecule has 7 nitrogen and oxygen atoms in total. The van der Waals surface area contributed by atoms with Crippen LogP contribution in [0.25, 0.3) is 16.2 Å². The molecule has 0 atom stereocenters. The topological polar surface area (TPSA) is 85.1 Å². The maximum atomic E-state index is 12.4. The summed E-state index contributed by atoms with van der Waals surface area (Å²) in [7, 11) is 1.51. The molecule has 2 aromatic carbocycles. The molecule has 4 rings (SSSR count). The number of nitrogens with zero attached hydrogens (tertiary/aromatic N) is 2. The molecule has 2 heterocycles. The van der Waals surface area contributed by atoms with E-state index in [1.54, 1.807) is 19.1 Å². The number of aromatic nitrogens is 2. The summed E-state index contributed by atoms with van der Waals surface area (Å²) in [6.07, 6.45) is 0. The highest BCUT2D eigenvalue weighted by Gasteiger charge is 2.24. The largest absolute Gasteiger partial charge is 0.504 e. The Morgan fingerprint density at radius 1 is 1.22 bits per heavy atom. The number of carbonyl (C=O) groups excluding carboxylic acids is 1. The van der Waals surface area contributed by atoms with Gasteiger partial charge in [0.25, 0.3) is 0 Å². The first-order valence-corrected chi connectivity index (χ1v) is 11.1. The van der Waals surface area contributed by atoms with Gasteiger partial charge in [0.05, 0.1) is 13.7 Å². The van der Waals surface area contributed by atoms with Crippen molar-refractivity contribution in [1.29, 1.82) is 0 Å². The summed E-state index contributed by atoms with van der Waals surface area (Å²) in [6, 6.07) is 13.4. The second-order valence-electron chi connectivity index (χ2n) is 7.39. The number of thiazole rings is 1. The number of esters is 1. The molecule has 2 aromatic heterocycles. The number of hydrogen-bond acceptors (Lipinski definition) is 7. The number of rotatable bonds is 7. The number of aromatic hydroxyl groups is 1. The minimum absolute atomic E-state index is 0.0370. The number of imidazole rings is 1. The fourth-order valence-corrected chi connectivity index (χ4v) is 4.66. The second-order valence-corrected chi connectivity index (χ2v) is 8.37. The van der Waals surface area contributed by atoms with Gasteiger partial charge in [-0.3, -0.25) is 4.40 Å². The van der Waals surface area contributed by atoms with Crippen molar-refractivity contribution in [3.05, 3.63) is 64.2 Å². The Balaban J connectivity index is 1.82. The van der Waals surface area contributed by atoms with Crippen LogP contribution < -0.4 is 10.1 Å². The Hall–Kier alpha value is -3.52. The van der Waals surface area contributed by atoms with Gasteiger partial charge < -0.3 is 19.9 Å². The summed E-state index contributed by atoms with van der Waals surface area (Å²) in [4.78, 5) is 18.4. The molecule has 0 radical (unpaired) electrons. The first-order chi connectivity index (χ1) is 15.4. The van der Waals surface area contributed by atoms with E-state index in [1.165, 1.54) is 24.0 Å². The van der Waals surface area contributed by atoms with Gasteiger partial charge in [0.15, 0.2) is 16.5 Å². The number of carbonyl (C=O) groups is 1. The normalized spacial score (nSPS) is 11.0. The molecule has 0 saturated carbocycles. The lowest BCUT2D eigenvalue weighted by molar-refractivity contribution is 0.0531. The standard InChI is InChI=1S/C24H25N3O4S/c1-5-31-23(29)21-15(3)27-22(25-13-16-8-6-7-14(2)11-16)20(26-24(27)32-21)17-9-10-19(30-4)18(28)12-17/h6-12,25,28H,5,13H2,1-4H3. The third-order valence-corrected chi connectivity index (χ3v) is 6.28. The zero-order valence-corrected chi connectivity index (χ0v) is 19.2. The van der Waals surface area contributed by atoms with Gasteiger partial charge in [-0.2, -0.15) is 0 Å². The SMILES string of the molecule is CCOC(=O)c1sc2nc(-c3ccc(OC)c(O)c3)c(NCc3cccc(C)c3)n2c1C. The van der Waals surface area contributed by atoms with Crippen LogP contribution in [0, 0.1) is 13.8 Å². The minimum atomic E-state index is -0.353. The van der Waals surface area contributed by atoms with Gasteiger partial charge in [-0.05, 0) is 44.5 Å². The Morgan fingerprint density at radius 3 is 2.72 bits per heavy atom. The van der Waals surface area contributed by atoms with Crippen LogP contribution in [0.4, 0.5) is 5.82 Å². The third-order valence-electron chi connectivity index (χ3n) is 5.16. The number of anilines is 1. The van der Waals surface area contributed by atoms with Crippen LogP contribution in [0.5, 0.6) is 11.5 Å². The van der Waals surface area contributed by atoms with E-state index in [1.807, 2.05) is 23.5 Å². The van der Waals surface area contributed by atoms with Gasteiger partial charge in [0.1, 0.15) is 16.4 Å². The van der Waals surface area contributed by atoms with Crippen molar-refractivity contribution in [2.45, 2.75) is 27.3 Å². The molecule has 0 aliphatic heterocycles. The number of ether oxygens (including phenoxy) is 2. The predicted octanol–water partition coefficient (Wildman–Crippen LogP) is 5.18. The fraction of sp³-hybridized carbons (Fsp3) is 0.250. The maximum absolute atomic E-state index is 12.4. The van der Waals surface area contributed by atoms with E-state index in [0.717, 1.165) is 22.6 Å². The van der Waals surface area contributed by atoms with Crippen LogP contribution in [-0.4, -0.2) is 34.2 Å². The fourth-order valence-electron chi connectivity index (χ4n) is 3.64. The number of hydrogen-bond donors (Lipinski definition) is 2. The van der Waals surface area contributed by atoms with Gasteiger partial charge in [-0.1, -0.05) is 41.2 Å². The van der Waals surface area contributed by atoms with Gasteiger partial charge in [-0.25, -0.2) is 9.78 Å². The average Bonchev–Trinajstić information content (AvgIpc) is 3.29. The van der Waals surface area contributed by atoms with E-state index >= 15 is 0 Å². The molecule has 0 saturated heterocycles. The molecular weight excluding hydrogens is 426 g/mol. The number of fused-ring (bicyclic) bond motifs is 1. The Labute approximate surface area is 190 Å². The van der Waals surface area contributed by atoms with Gasteiger partial charge >= 0.3 is 5.97 Å². The predicted molar refractivity (Wildman–Crippen MR) is 126 cm³/mol. The Bertz CT molecular complexity index is 1290. The molecule has 0 aliphatic rings. The summed E-state index contributed by atoms with van der Waals surface area (Å²) in [5.74, 6) is 0.823. The van der Waals surface area contributed by atoms with Crippen LogP contribution in [0.1, 0.15) is 33.4 Å². The summed E-state index contributed by atoms with van der Waals surface area (Å²) >= 11 is 1.29. The summed E-state index contributed by atoms with van der Waals surface area (Å²) < 4.78 is 12.3. The van der Waals surface area contributed by atoms with Gasteiger partial charge in [0.2, 0.25) is 0 Å². The lowest BCUT2D eigenvalue weighted by Crippen LogP contribution is -2.07. The molecule has 0 spiro atoms. The van der Waals surface area contributed by atoms with E-state index in [-0.39, 0.29) is 11.7 Å². The van der Waals surface area contributed by atoms with Crippen molar-refractivity contribution in [2.75, 3.05) is 19.0 Å². The van der Waals surface area contributed by atoms with E-state index in [4.69, 9.17) is 14.5 Å². The zero-order chi connectivity index (χ0) is 22.8. The molecule has 0 fully saturated rings. The van der Waals surface area contributed by atoms with Gasteiger partial charge in [0, 0.05) is 17.8 Å². The Kier molecular flexibility index (Phi) is 6.05. The van der Waals surface area contributed by atoms with Gasteiger partial charge in [-0.15, -0.1) is 0 Å². The molecule has 0 aliphatic carbocycles. The number of phenols is 1. The van der Waals surface area contributed by atoms with E-state index in [9.17, 15) is 9.90 Å². The van der Waals surface area contributed by atoms with Crippen molar-refractivity contribution >= 4 is 28.1 Å². The van der Waals surface area contributed by atoms with E-state index < -0.39 is 0 Å². The van der Waals surface area contributed by atoms with Crippen molar-refractivity contribution in [1.82, 2.24) is 9.38 Å². The summed E-state index contributed by atoms with van der Waals surface area (Å²) in [5.41, 5.74) is 4.48. The first-order valence-electron chi connectivity index (χ1n) is 10.3. The number of nitrogens with one attached hydrogen (secondary N) is 1.